The molecular weight excluding hydrogens is 262 g/mol. The topological polar surface area (TPSA) is 83.4 Å². The number of carbonyl (C=O) groups excluding carboxylic acids is 1. The summed E-state index contributed by atoms with van der Waals surface area (Å²) in [7, 11) is 0. The maximum Gasteiger partial charge on any atom is 0.254 e. The van der Waals surface area contributed by atoms with Gasteiger partial charge in [0.15, 0.2) is 5.75 Å². The molecule has 1 aromatic rings. The molecule has 0 aromatic heterocycles. The van der Waals surface area contributed by atoms with E-state index in [0.29, 0.717) is 25.3 Å². The van der Waals surface area contributed by atoms with Gasteiger partial charge < -0.3 is 9.62 Å². The lowest BCUT2D eigenvalue weighted by atomic mass is 10.2. The molecule has 2 N–H and O–H groups in total. The Kier molecular flexibility index (Phi) is 5.48. The molecule has 1 aromatic carbocycles. The Morgan fingerprint density at radius 2 is 2.20 bits per heavy atom. The summed E-state index contributed by atoms with van der Waals surface area (Å²) >= 11 is 0. The van der Waals surface area contributed by atoms with Crippen LogP contribution in [0.4, 0.5) is 0 Å². The van der Waals surface area contributed by atoms with Crippen LogP contribution in [0.15, 0.2) is 29.4 Å². The third-order valence-electron chi connectivity index (χ3n) is 2.88. The van der Waals surface area contributed by atoms with Crippen LogP contribution in [0.3, 0.4) is 0 Å². The van der Waals surface area contributed by atoms with Gasteiger partial charge in [-0.1, -0.05) is 12.1 Å². The summed E-state index contributed by atoms with van der Waals surface area (Å²) in [5.74, 6) is 0.0872. The van der Waals surface area contributed by atoms with Crippen molar-refractivity contribution in [2.45, 2.75) is 0 Å². The molecule has 2 rings (SSSR count). The molecule has 1 aliphatic rings. The smallest absolute Gasteiger partial charge is 0.254 e. The standard InChI is InChI=1S/C13H17N3O4/c17-13(10-16-5-7-19-8-6-16)15-14-9-11-3-1-2-4-12(11)20-18/h1-4,9,18H,5-8,10H2,(H,15,17)/b14-9-. The molecule has 1 amide bonds. The van der Waals surface area contributed by atoms with Gasteiger partial charge in [-0.15, -0.1) is 0 Å². The maximum absolute atomic E-state index is 11.7. The molecule has 0 radical (unpaired) electrons. The fourth-order valence-electron chi connectivity index (χ4n) is 1.84. The molecule has 1 saturated heterocycles. The molecule has 0 unspecified atom stereocenters. The third-order valence-corrected chi connectivity index (χ3v) is 2.88. The van der Waals surface area contributed by atoms with Gasteiger partial charge in [0.1, 0.15) is 0 Å². The van der Waals surface area contributed by atoms with E-state index in [2.05, 4.69) is 15.4 Å². The van der Waals surface area contributed by atoms with E-state index in [1.165, 1.54) is 6.21 Å². The summed E-state index contributed by atoms with van der Waals surface area (Å²) in [6.45, 7) is 3.09. The summed E-state index contributed by atoms with van der Waals surface area (Å²) in [6.07, 6.45) is 1.42. The van der Waals surface area contributed by atoms with Crippen LogP contribution in [0, 0.1) is 0 Å². The first kappa shape index (κ1) is 14.4. The number of ether oxygens (including phenoxy) is 1. The molecule has 7 heteroatoms. The normalized spacial score (nSPS) is 16.2. The van der Waals surface area contributed by atoms with Gasteiger partial charge in [0, 0.05) is 18.7 Å². The van der Waals surface area contributed by atoms with Crippen molar-refractivity contribution in [3.8, 4) is 5.75 Å². The van der Waals surface area contributed by atoms with Gasteiger partial charge in [-0.2, -0.15) is 5.10 Å². The molecule has 0 saturated carbocycles. The Labute approximate surface area is 116 Å². The van der Waals surface area contributed by atoms with Crippen molar-refractivity contribution in [1.29, 1.82) is 0 Å². The number of amides is 1. The van der Waals surface area contributed by atoms with Crippen LogP contribution in [0.2, 0.25) is 0 Å². The molecule has 0 bridgehead atoms. The van der Waals surface area contributed by atoms with Crippen molar-refractivity contribution in [3.05, 3.63) is 29.8 Å². The van der Waals surface area contributed by atoms with E-state index < -0.39 is 0 Å². The molecule has 1 fully saturated rings. The number of carbonyl (C=O) groups is 1. The summed E-state index contributed by atoms with van der Waals surface area (Å²) in [4.78, 5) is 17.9. The van der Waals surface area contributed by atoms with Crippen molar-refractivity contribution >= 4 is 12.1 Å². The average Bonchev–Trinajstić information content (AvgIpc) is 2.49. The first-order valence-electron chi connectivity index (χ1n) is 6.32. The van der Waals surface area contributed by atoms with Crippen LogP contribution in [-0.4, -0.2) is 55.1 Å². The zero-order valence-electron chi connectivity index (χ0n) is 11.0. The Bertz CT molecular complexity index is 472. The number of nitrogens with one attached hydrogen (secondary N) is 1. The average molecular weight is 279 g/mol. The zero-order chi connectivity index (χ0) is 14.2. The summed E-state index contributed by atoms with van der Waals surface area (Å²) in [5, 5.41) is 12.5. The van der Waals surface area contributed by atoms with Crippen molar-refractivity contribution < 1.29 is 19.7 Å². The number of benzene rings is 1. The molecule has 0 spiro atoms. The Hall–Kier alpha value is -1.96. The predicted molar refractivity (Wildman–Crippen MR) is 72.7 cm³/mol. The van der Waals surface area contributed by atoms with E-state index in [1.807, 2.05) is 4.90 Å². The van der Waals surface area contributed by atoms with Crippen molar-refractivity contribution in [1.82, 2.24) is 10.3 Å². The van der Waals surface area contributed by atoms with E-state index in [-0.39, 0.29) is 11.7 Å². The Morgan fingerprint density at radius 1 is 1.45 bits per heavy atom. The highest BCUT2D eigenvalue weighted by atomic mass is 17.1. The monoisotopic (exact) mass is 279 g/mol. The van der Waals surface area contributed by atoms with E-state index in [0.717, 1.165) is 13.1 Å². The van der Waals surface area contributed by atoms with Crippen LogP contribution >= 0.6 is 0 Å². The second-order valence-electron chi connectivity index (χ2n) is 4.31. The molecule has 0 atom stereocenters. The molecular formula is C13H17N3O4. The molecule has 20 heavy (non-hydrogen) atoms. The number of hydrogen-bond acceptors (Lipinski definition) is 6. The fourth-order valence-corrected chi connectivity index (χ4v) is 1.84. The number of morpholine rings is 1. The quantitative estimate of drug-likeness (QED) is 0.461. The van der Waals surface area contributed by atoms with Crippen LogP contribution in [0.5, 0.6) is 5.75 Å². The van der Waals surface area contributed by atoms with Gasteiger partial charge in [0.25, 0.3) is 5.91 Å². The van der Waals surface area contributed by atoms with Gasteiger partial charge in [0.05, 0.1) is 26.0 Å². The van der Waals surface area contributed by atoms with Crippen LogP contribution in [-0.2, 0) is 9.53 Å². The number of hydrogen-bond donors (Lipinski definition) is 2. The van der Waals surface area contributed by atoms with Crippen molar-refractivity contribution in [3.63, 3.8) is 0 Å². The second kappa shape index (κ2) is 7.59. The zero-order valence-corrected chi connectivity index (χ0v) is 11.0. The number of para-hydroxylation sites is 1. The van der Waals surface area contributed by atoms with Gasteiger partial charge in [-0.25, -0.2) is 10.7 Å². The largest absolute Gasteiger partial charge is 0.379 e. The SMILES string of the molecule is O=C(CN1CCOCC1)N/N=C\c1ccccc1OO. The van der Waals surface area contributed by atoms with Gasteiger partial charge in [-0.3, -0.25) is 9.69 Å². The van der Waals surface area contributed by atoms with Gasteiger partial charge in [0.2, 0.25) is 0 Å². The first-order valence-corrected chi connectivity index (χ1v) is 6.32. The Morgan fingerprint density at radius 3 is 2.95 bits per heavy atom. The van der Waals surface area contributed by atoms with E-state index in [1.54, 1.807) is 24.3 Å². The second-order valence-corrected chi connectivity index (χ2v) is 4.31. The fraction of sp³-hybridized carbons (Fsp3) is 0.385. The van der Waals surface area contributed by atoms with Crippen molar-refractivity contribution in [2.24, 2.45) is 5.10 Å². The highest BCUT2D eigenvalue weighted by molar-refractivity contribution is 5.85. The summed E-state index contributed by atoms with van der Waals surface area (Å²) < 4.78 is 5.21. The van der Waals surface area contributed by atoms with Gasteiger partial charge in [-0.05, 0) is 12.1 Å². The first-order chi connectivity index (χ1) is 9.79. The maximum atomic E-state index is 11.7. The lowest BCUT2D eigenvalue weighted by molar-refractivity contribution is -0.137. The van der Waals surface area contributed by atoms with E-state index >= 15 is 0 Å². The van der Waals surface area contributed by atoms with Crippen molar-refractivity contribution in [2.75, 3.05) is 32.8 Å². The van der Waals surface area contributed by atoms with E-state index in [9.17, 15) is 4.79 Å². The highest BCUT2D eigenvalue weighted by Crippen LogP contribution is 2.14. The number of nitrogens with zero attached hydrogens (tertiary/aromatic N) is 2. The molecule has 7 nitrogen and oxygen atoms in total. The Balaban J connectivity index is 1.81. The third kappa shape index (κ3) is 4.30. The molecule has 0 aliphatic carbocycles. The molecule has 108 valence electrons. The molecule has 1 aliphatic heterocycles. The predicted octanol–water partition coefficient (Wildman–Crippen LogP) is 0.321. The summed E-state index contributed by atoms with van der Waals surface area (Å²) in [6, 6.07) is 6.80. The molecule has 1 heterocycles. The van der Waals surface area contributed by atoms with Crippen LogP contribution in [0.25, 0.3) is 0 Å². The van der Waals surface area contributed by atoms with Crippen LogP contribution < -0.4 is 10.3 Å². The van der Waals surface area contributed by atoms with Crippen LogP contribution in [0.1, 0.15) is 5.56 Å². The summed E-state index contributed by atoms with van der Waals surface area (Å²) in [5.41, 5.74) is 3.01. The minimum atomic E-state index is -0.189. The minimum absolute atomic E-state index is 0.189. The minimum Gasteiger partial charge on any atom is -0.379 e. The van der Waals surface area contributed by atoms with E-state index in [4.69, 9.17) is 9.99 Å². The number of hydrazone groups is 1. The highest BCUT2D eigenvalue weighted by Gasteiger charge is 2.13. The van der Waals surface area contributed by atoms with Gasteiger partial charge >= 0.3 is 0 Å². The lowest BCUT2D eigenvalue weighted by Gasteiger charge is -2.25. The lowest BCUT2D eigenvalue weighted by Crippen LogP contribution is -2.42. The number of rotatable bonds is 5.